The van der Waals surface area contributed by atoms with Crippen LogP contribution in [0.25, 0.3) is 0 Å². The van der Waals surface area contributed by atoms with E-state index in [0.717, 1.165) is 19.4 Å². The van der Waals surface area contributed by atoms with Gasteiger partial charge in [-0.25, -0.2) is 0 Å². The van der Waals surface area contributed by atoms with Crippen molar-refractivity contribution in [1.82, 2.24) is 0 Å². The Morgan fingerprint density at radius 2 is 2.05 bits per heavy atom. The molecule has 2 aromatic rings. The number of hydrogen-bond acceptors (Lipinski definition) is 3. The molecule has 1 unspecified atom stereocenters. The van der Waals surface area contributed by atoms with Crippen LogP contribution in [0.5, 0.6) is 0 Å². The van der Waals surface area contributed by atoms with Crippen molar-refractivity contribution < 1.29 is 0 Å². The Labute approximate surface area is 119 Å². The Hall–Kier alpha value is -1.32. The predicted molar refractivity (Wildman–Crippen MR) is 84.8 cm³/mol. The Kier molecular flexibility index (Phi) is 5.00. The van der Waals surface area contributed by atoms with E-state index in [9.17, 15) is 0 Å². The molecule has 3 heteroatoms. The third-order valence-electron chi connectivity index (χ3n) is 3.41. The number of anilines is 1. The van der Waals surface area contributed by atoms with Gasteiger partial charge < -0.3 is 10.6 Å². The molecule has 1 heterocycles. The lowest BCUT2D eigenvalue weighted by atomic mass is 10.0. The average Bonchev–Trinajstić information content (AvgIpc) is 2.92. The quantitative estimate of drug-likeness (QED) is 0.871. The van der Waals surface area contributed by atoms with E-state index in [2.05, 4.69) is 60.0 Å². The highest BCUT2D eigenvalue weighted by molar-refractivity contribution is 7.07. The van der Waals surface area contributed by atoms with E-state index in [1.165, 1.54) is 16.8 Å². The van der Waals surface area contributed by atoms with Gasteiger partial charge in [-0.1, -0.05) is 25.1 Å². The Morgan fingerprint density at radius 1 is 1.26 bits per heavy atom. The fourth-order valence-electron chi connectivity index (χ4n) is 2.22. The van der Waals surface area contributed by atoms with Gasteiger partial charge in [0.25, 0.3) is 0 Å². The van der Waals surface area contributed by atoms with E-state index in [0.29, 0.717) is 0 Å². The summed E-state index contributed by atoms with van der Waals surface area (Å²) in [5, 5.41) is 4.33. The third kappa shape index (κ3) is 3.82. The van der Waals surface area contributed by atoms with E-state index < -0.39 is 0 Å². The van der Waals surface area contributed by atoms with Crippen molar-refractivity contribution >= 4 is 17.0 Å². The molecule has 0 aliphatic heterocycles. The Bertz CT molecular complexity index is 493. The lowest BCUT2D eigenvalue weighted by molar-refractivity contribution is 0.645. The van der Waals surface area contributed by atoms with Crippen LogP contribution in [0.15, 0.2) is 41.1 Å². The van der Waals surface area contributed by atoms with Gasteiger partial charge in [-0.15, -0.1) is 0 Å². The second kappa shape index (κ2) is 6.73. The highest BCUT2D eigenvalue weighted by Gasteiger charge is 2.10. The molecule has 1 aromatic heterocycles. The number of para-hydroxylation sites is 1. The van der Waals surface area contributed by atoms with Crippen LogP contribution in [0, 0.1) is 0 Å². The van der Waals surface area contributed by atoms with Crippen molar-refractivity contribution in [3.63, 3.8) is 0 Å². The van der Waals surface area contributed by atoms with Gasteiger partial charge in [-0.3, -0.25) is 0 Å². The smallest absolute Gasteiger partial charge is 0.0434 e. The normalized spacial score (nSPS) is 12.4. The molecular formula is C16H22N2S. The minimum Gasteiger partial charge on any atom is -0.370 e. The maximum absolute atomic E-state index is 6.09. The minimum atomic E-state index is 0.246. The molecule has 0 aliphatic carbocycles. The van der Waals surface area contributed by atoms with Crippen molar-refractivity contribution in [2.75, 3.05) is 11.9 Å². The summed E-state index contributed by atoms with van der Waals surface area (Å²) in [7, 11) is 2.15. The van der Waals surface area contributed by atoms with Gasteiger partial charge >= 0.3 is 0 Å². The van der Waals surface area contributed by atoms with Crippen LogP contribution in [0.1, 0.15) is 24.5 Å². The van der Waals surface area contributed by atoms with E-state index >= 15 is 0 Å². The molecule has 2 rings (SSSR count). The molecule has 0 spiro atoms. The molecule has 1 aromatic carbocycles. The first-order valence-electron chi connectivity index (χ1n) is 6.76. The summed E-state index contributed by atoms with van der Waals surface area (Å²) in [5.41, 5.74) is 10.1. The minimum absolute atomic E-state index is 0.246. The first-order chi connectivity index (χ1) is 9.20. The molecule has 0 aliphatic rings. The summed E-state index contributed by atoms with van der Waals surface area (Å²) in [4.78, 5) is 2.31. The second-order valence-electron chi connectivity index (χ2n) is 4.99. The molecule has 102 valence electrons. The molecule has 0 radical (unpaired) electrons. The van der Waals surface area contributed by atoms with E-state index in [-0.39, 0.29) is 6.04 Å². The molecule has 19 heavy (non-hydrogen) atoms. The predicted octanol–water partition coefficient (Wildman–Crippen LogP) is 3.66. The van der Waals surface area contributed by atoms with Gasteiger partial charge in [0.2, 0.25) is 0 Å². The molecule has 0 saturated carbocycles. The highest BCUT2D eigenvalue weighted by atomic mass is 32.1. The summed E-state index contributed by atoms with van der Waals surface area (Å²) < 4.78 is 0. The summed E-state index contributed by atoms with van der Waals surface area (Å²) in [6.45, 7) is 3.09. The fraction of sp³-hybridized carbons (Fsp3) is 0.375. The van der Waals surface area contributed by atoms with Crippen LogP contribution in [0.3, 0.4) is 0 Å². The SMILES string of the molecule is CCC(N)Cc1ccccc1N(C)Cc1ccsc1. The molecule has 0 bridgehead atoms. The number of hydrogen-bond donors (Lipinski definition) is 1. The van der Waals surface area contributed by atoms with Crippen molar-refractivity contribution in [1.29, 1.82) is 0 Å². The zero-order chi connectivity index (χ0) is 13.7. The molecule has 2 nitrogen and oxygen atoms in total. The Balaban J connectivity index is 2.14. The van der Waals surface area contributed by atoms with Crippen LogP contribution >= 0.6 is 11.3 Å². The van der Waals surface area contributed by atoms with E-state index in [1.807, 2.05) is 0 Å². The molecule has 0 saturated heterocycles. The Morgan fingerprint density at radius 3 is 2.74 bits per heavy atom. The fourth-order valence-corrected chi connectivity index (χ4v) is 2.88. The van der Waals surface area contributed by atoms with Gasteiger partial charge in [-0.2, -0.15) is 11.3 Å². The number of benzene rings is 1. The van der Waals surface area contributed by atoms with Crippen LogP contribution in [-0.4, -0.2) is 13.1 Å². The molecule has 0 amide bonds. The second-order valence-corrected chi connectivity index (χ2v) is 5.77. The van der Waals surface area contributed by atoms with E-state index in [1.54, 1.807) is 11.3 Å². The molecule has 0 fully saturated rings. The summed E-state index contributed by atoms with van der Waals surface area (Å²) in [5.74, 6) is 0. The maximum Gasteiger partial charge on any atom is 0.0434 e. The lowest BCUT2D eigenvalue weighted by Crippen LogP contribution is -2.24. The van der Waals surface area contributed by atoms with Gasteiger partial charge in [0.1, 0.15) is 0 Å². The first kappa shape index (κ1) is 14.1. The summed E-state index contributed by atoms with van der Waals surface area (Å²) >= 11 is 1.75. The third-order valence-corrected chi connectivity index (χ3v) is 4.14. The van der Waals surface area contributed by atoms with Crippen molar-refractivity contribution in [2.45, 2.75) is 32.4 Å². The monoisotopic (exact) mass is 274 g/mol. The van der Waals surface area contributed by atoms with E-state index in [4.69, 9.17) is 5.73 Å². The number of rotatable bonds is 6. The van der Waals surface area contributed by atoms with Crippen LogP contribution < -0.4 is 10.6 Å². The van der Waals surface area contributed by atoms with Crippen LogP contribution in [0.2, 0.25) is 0 Å². The standard InChI is InChI=1S/C16H22N2S/c1-3-15(17)10-14-6-4-5-7-16(14)18(2)11-13-8-9-19-12-13/h4-9,12,15H,3,10-11,17H2,1-2H3. The lowest BCUT2D eigenvalue weighted by Gasteiger charge is -2.23. The summed E-state index contributed by atoms with van der Waals surface area (Å²) in [6.07, 6.45) is 1.96. The van der Waals surface area contributed by atoms with Crippen molar-refractivity contribution in [2.24, 2.45) is 5.73 Å². The largest absolute Gasteiger partial charge is 0.370 e. The average molecular weight is 274 g/mol. The zero-order valence-corrected chi connectivity index (χ0v) is 12.5. The number of thiophene rings is 1. The molecule has 1 atom stereocenters. The maximum atomic E-state index is 6.09. The molecular weight excluding hydrogens is 252 g/mol. The van der Waals surface area contributed by atoms with Gasteiger partial charge in [-0.05, 0) is 46.9 Å². The summed E-state index contributed by atoms with van der Waals surface area (Å²) in [6, 6.07) is 11.0. The zero-order valence-electron chi connectivity index (χ0n) is 11.7. The number of nitrogens with zero attached hydrogens (tertiary/aromatic N) is 1. The van der Waals surface area contributed by atoms with Gasteiger partial charge in [0.05, 0.1) is 0 Å². The topological polar surface area (TPSA) is 29.3 Å². The highest BCUT2D eigenvalue weighted by Crippen LogP contribution is 2.23. The van der Waals surface area contributed by atoms with Crippen molar-refractivity contribution in [3.05, 3.63) is 52.2 Å². The van der Waals surface area contributed by atoms with Gasteiger partial charge in [0, 0.05) is 25.3 Å². The van der Waals surface area contributed by atoms with Crippen LogP contribution in [0.4, 0.5) is 5.69 Å². The number of nitrogens with two attached hydrogens (primary N) is 1. The van der Waals surface area contributed by atoms with Crippen LogP contribution in [-0.2, 0) is 13.0 Å². The molecule has 2 N–H and O–H groups in total. The van der Waals surface area contributed by atoms with Crippen molar-refractivity contribution in [3.8, 4) is 0 Å². The van der Waals surface area contributed by atoms with Gasteiger partial charge in [0.15, 0.2) is 0 Å². The first-order valence-corrected chi connectivity index (χ1v) is 7.70.